The van der Waals surface area contributed by atoms with Gasteiger partial charge in [0.25, 0.3) is 0 Å². The Morgan fingerprint density at radius 3 is 2.18 bits per heavy atom. The number of Topliss-reactive ketones (excluding diaryl/α,β-unsaturated/α-hetero) is 1. The van der Waals surface area contributed by atoms with Gasteiger partial charge in [-0.05, 0) is 53.5 Å². The Morgan fingerprint density at radius 1 is 0.763 bits per heavy atom. The highest BCUT2D eigenvalue weighted by Crippen LogP contribution is 2.36. The summed E-state index contributed by atoms with van der Waals surface area (Å²) < 4.78 is 5.66. The second-order valence-electron chi connectivity index (χ2n) is 9.72. The number of benzene rings is 4. The third-order valence-corrected chi connectivity index (χ3v) is 7.38. The molecule has 1 aliphatic carbocycles. The van der Waals surface area contributed by atoms with Crippen LogP contribution in [0.4, 0.5) is 0 Å². The second-order valence-corrected chi connectivity index (χ2v) is 9.72. The fourth-order valence-corrected chi connectivity index (χ4v) is 5.40. The summed E-state index contributed by atoms with van der Waals surface area (Å²) in [5, 5.41) is 0.768. The topological polar surface area (TPSA) is 56.3 Å². The number of fused-ring (bicyclic) bond motifs is 2. The molecule has 0 N–H and O–H groups in total. The van der Waals surface area contributed by atoms with E-state index in [9.17, 15) is 9.59 Å². The van der Waals surface area contributed by atoms with Crippen LogP contribution in [0.3, 0.4) is 0 Å². The summed E-state index contributed by atoms with van der Waals surface area (Å²) in [5.74, 6) is -0.391. The normalized spacial score (nSPS) is 14.6. The minimum Gasteiger partial charge on any atom is -0.454 e. The van der Waals surface area contributed by atoms with Crippen LogP contribution in [0, 0.1) is 0 Å². The maximum absolute atomic E-state index is 13.5. The average molecular weight is 498 g/mol. The number of aromatic nitrogens is 1. The van der Waals surface area contributed by atoms with Crippen molar-refractivity contribution >= 4 is 22.7 Å². The third-order valence-electron chi connectivity index (χ3n) is 7.38. The number of rotatable bonds is 6. The number of pyridine rings is 1. The maximum Gasteiger partial charge on any atom is 0.339 e. The molecule has 38 heavy (non-hydrogen) atoms. The van der Waals surface area contributed by atoms with Gasteiger partial charge in [0, 0.05) is 16.6 Å². The molecular formula is C34H27NO3. The summed E-state index contributed by atoms with van der Waals surface area (Å²) in [6, 6.07) is 35.5. The quantitative estimate of drug-likeness (QED) is 0.184. The van der Waals surface area contributed by atoms with E-state index in [0.717, 1.165) is 52.5 Å². The molecule has 0 saturated carbocycles. The highest BCUT2D eigenvalue weighted by molar-refractivity contribution is 6.06. The highest BCUT2D eigenvalue weighted by Gasteiger charge is 2.28. The van der Waals surface area contributed by atoms with Gasteiger partial charge in [-0.2, -0.15) is 0 Å². The Bertz CT molecular complexity index is 1610. The van der Waals surface area contributed by atoms with Crippen LogP contribution in [-0.2, 0) is 17.6 Å². The van der Waals surface area contributed by atoms with Crippen molar-refractivity contribution in [3.05, 3.63) is 137 Å². The summed E-state index contributed by atoms with van der Waals surface area (Å²) in [6.07, 6.45) is 2.50. The van der Waals surface area contributed by atoms with E-state index in [1.807, 2.05) is 72.8 Å². The number of carbonyl (C=O) groups excluding carboxylic acids is 2. The standard InChI is InChI=1S/C34H27NO3/c36-32(26-17-15-25(16-18-26)23-9-3-1-4-10-23)22-38-34(37)33-28-13-7-8-14-30(28)35-31-20-19-27(21-29(31)33)24-11-5-2-6-12-24/h1-18,27H,19-22H2. The lowest BCUT2D eigenvalue weighted by Crippen LogP contribution is -2.21. The number of aryl methyl sites for hydroxylation is 1. The summed E-state index contributed by atoms with van der Waals surface area (Å²) in [7, 11) is 0. The molecule has 6 rings (SSSR count). The van der Waals surface area contributed by atoms with E-state index in [2.05, 4.69) is 24.3 Å². The number of ketones is 1. The molecule has 0 saturated heterocycles. The van der Waals surface area contributed by atoms with Crippen LogP contribution in [0.2, 0.25) is 0 Å². The molecule has 1 aliphatic rings. The number of hydrogen-bond acceptors (Lipinski definition) is 4. The van der Waals surface area contributed by atoms with E-state index in [0.29, 0.717) is 17.0 Å². The van der Waals surface area contributed by atoms with Gasteiger partial charge in [-0.3, -0.25) is 9.78 Å². The molecule has 0 bridgehead atoms. The Hall–Kier alpha value is -4.57. The van der Waals surface area contributed by atoms with Crippen LogP contribution in [0.1, 0.15) is 49.9 Å². The third kappa shape index (κ3) is 4.73. The van der Waals surface area contributed by atoms with E-state index in [1.165, 1.54) is 5.56 Å². The molecule has 1 aromatic heterocycles. The summed E-state index contributed by atoms with van der Waals surface area (Å²) in [6.45, 7) is -0.308. The van der Waals surface area contributed by atoms with E-state index in [1.54, 1.807) is 12.1 Å². The molecule has 0 amide bonds. The first kappa shape index (κ1) is 23.8. The Kier molecular flexibility index (Phi) is 6.53. The summed E-state index contributed by atoms with van der Waals surface area (Å²) >= 11 is 0. The smallest absolute Gasteiger partial charge is 0.339 e. The zero-order valence-electron chi connectivity index (χ0n) is 21.0. The first-order valence-electron chi connectivity index (χ1n) is 13.0. The molecule has 0 aliphatic heterocycles. The van der Waals surface area contributed by atoms with Gasteiger partial charge >= 0.3 is 5.97 Å². The molecule has 0 spiro atoms. The largest absolute Gasteiger partial charge is 0.454 e. The lowest BCUT2D eigenvalue weighted by Gasteiger charge is -2.26. The minimum absolute atomic E-state index is 0.229. The summed E-state index contributed by atoms with van der Waals surface area (Å²) in [4.78, 5) is 31.4. The molecular weight excluding hydrogens is 470 g/mol. The number of carbonyl (C=O) groups is 2. The van der Waals surface area contributed by atoms with Crippen molar-refractivity contribution < 1.29 is 14.3 Å². The number of hydrogen-bond donors (Lipinski definition) is 0. The SMILES string of the molecule is O=C(COC(=O)c1c2c(nc3ccccc13)CCC(c1ccccc1)C2)c1ccc(-c2ccccc2)cc1. The van der Waals surface area contributed by atoms with Gasteiger partial charge in [-0.25, -0.2) is 4.79 Å². The van der Waals surface area contributed by atoms with Gasteiger partial charge in [0.2, 0.25) is 0 Å². The molecule has 4 heteroatoms. The van der Waals surface area contributed by atoms with Gasteiger partial charge in [0.05, 0.1) is 11.1 Å². The first-order valence-corrected chi connectivity index (χ1v) is 13.0. The number of ether oxygens (including phenoxy) is 1. The molecule has 186 valence electrons. The fourth-order valence-electron chi connectivity index (χ4n) is 5.40. The molecule has 0 radical (unpaired) electrons. The highest BCUT2D eigenvalue weighted by atomic mass is 16.5. The van der Waals surface area contributed by atoms with Gasteiger partial charge in [-0.1, -0.05) is 103 Å². The Labute approximate surface area is 221 Å². The molecule has 4 nitrogen and oxygen atoms in total. The first-order chi connectivity index (χ1) is 18.7. The van der Waals surface area contributed by atoms with Gasteiger partial charge in [-0.15, -0.1) is 0 Å². The average Bonchev–Trinajstić information content (AvgIpc) is 2.99. The van der Waals surface area contributed by atoms with Crippen molar-refractivity contribution in [3.63, 3.8) is 0 Å². The summed E-state index contributed by atoms with van der Waals surface area (Å²) in [5.41, 5.74) is 7.10. The fraction of sp³-hybridized carbons (Fsp3) is 0.147. The Morgan fingerprint density at radius 2 is 1.42 bits per heavy atom. The van der Waals surface area contributed by atoms with Crippen molar-refractivity contribution in [1.29, 1.82) is 0 Å². The van der Waals surface area contributed by atoms with Crippen molar-refractivity contribution in [3.8, 4) is 11.1 Å². The van der Waals surface area contributed by atoms with Gasteiger partial charge in [0.1, 0.15) is 0 Å². The predicted molar refractivity (Wildman–Crippen MR) is 149 cm³/mol. The maximum atomic E-state index is 13.5. The van der Waals surface area contributed by atoms with Gasteiger partial charge < -0.3 is 4.74 Å². The lowest BCUT2D eigenvalue weighted by molar-refractivity contribution is 0.0475. The van der Waals surface area contributed by atoms with E-state index in [4.69, 9.17) is 9.72 Å². The van der Waals surface area contributed by atoms with Crippen molar-refractivity contribution in [2.75, 3.05) is 6.61 Å². The predicted octanol–water partition coefficient (Wildman–Crippen LogP) is 7.21. The van der Waals surface area contributed by atoms with E-state index < -0.39 is 5.97 Å². The number of esters is 1. The lowest BCUT2D eigenvalue weighted by atomic mass is 9.80. The van der Waals surface area contributed by atoms with Crippen LogP contribution in [0.5, 0.6) is 0 Å². The zero-order chi connectivity index (χ0) is 25.9. The van der Waals surface area contributed by atoms with Crippen LogP contribution in [0.25, 0.3) is 22.0 Å². The monoisotopic (exact) mass is 497 g/mol. The van der Waals surface area contributed by atoms with E-state index >= 15 is 0 Å². The van der Waals surface area contributed by atoms with Crippen molar-refractivity contribution in [2.45, 2.75) is 25.2 Å². The Balaban J connectivity index is 1.25. The van der Waals surface area contributed by atoms with Crippen LogP contribution < -0.4 is 0 Å². The number of para-hydroxylation sites is 1. The minimum atomic E-state index is -0.470. The molecule has 1 unspecified atom stereocenters. The van der Waals surface area contributed by atoms with Gasteiger partial charge in [0.15, 0.2) is 12.4 Å². The second kappa shape index (κ2) is 10.4. The van der Waals surface area contributed by atoms with Crippen molar-refractivity contribution in [1.82, 2.24) is 4.98 Å². The molecule has 5 aromatic rings. The van der Waals surface area contributed by atoms with Crippen molar-refractivity contribution in [2.24, 2.45) is 0 Å². The zero-order valence-corrected chi connectivity index (χ0v) is 21.0. The van der Waals surface area contributed by atoms with Crippen LogP contribution in [-0.4, -0.2) is 23.3 Å². The van der Waals surface area contributed by atoms with E-state index in [-0.39, 0.29) is 12.4 Å². The molecule has 0 fully saturated rings. The molecule has 1 heterocycles. The number of nitrogens with zero attached hydrogens (tertiary/aromatic N) is 1. The molecule has 4 aromatic carbocycles. The molecule has 1 atom stereocenters. The van der Waals surface area contributed by atoms with Crippen LogP contribution >= 0.6 is 0 Å². The van der Waals surface area contributed by atoms with Crippen LogP contribution in [0.15, 0.2) is 109 Å².